The number of carbonyl (C=O) groups excluding carboxylic acids is 1. The molecule has 1 atom stereocenters. The number of hydrogen-bond acceptors (Lipinski definition) is 4. The fourth-order valence-electron chi connectivity index (χ4n) is 3.21. The Bertz CT molecular complexity index is 889. The lowest BCUT2D eigenvalue weighted by molar-refractivity contribution is 0.1000. The standard InChI is InChI=1S/C17H16ClN5O/c18-11-8-10(15(19)24)9-20-17(11)23-7-3-6-14(23)16-21-12-4-1-2-5-13(12)22-16/h1-2,4-5,8-9,14H,3,6-7H2,(H2,19,24)(H,21,22). The van der Waals surface area contributed by atoms with E-state index in [1.165, 1.54) is 6.20 Å². The average Bonchev–Trinajstić information content (AvgIpc) is 3.20. The van der Waals surface area contributed by atoms with Crippen LogP contribution in [-0.2, 0) is 0 Å². The number of amides is 1. The number of pyridine rings is 1. The number of hydrogen-bond donors (Lipinski definition) is 2. The van der Waals surface area contributed by atoms with Gasteiger partial charge in [-0.3, -0.25) is 4.79 Å². The normalized spacial score (nSPS) is 17.5. The van der Waals surface area contributed by atoms with Gasteiger partial charge in [0.2, 0.25) is 5.91 Å². The van der Waals surface area contributed by atoms with Gasteiger partial charge in [-0.25, -0.2) is 9.97 Å². The number of aromatic amines is 1. The minimum absolute atomic E-state index is 0.0850. The molecule has 6 nitrogen and oxygen atoms in total. The number of nitrogens with two attached hydrogens (primary N) is 1. The number of halogens is 1. The summed E-state index contributed by atoms with van der Waals surface area (Å²) in [4.78, 5) is 25.9. The molecule has 0 aliphatic carbocycles. The van der Waals surface area contributed by atoms with E-state index in [1.54, 1.807) is 6.07 Å². The van der Waals surface area contributed by atoms with Crippen molar-refractivity contribution >= 4 is 34.4 Å². The minimum atomic E-state index is -0.536. The molecule has 1 aliphatic heterocycles. The number of para-hydroxylation sites is 2. The zero-order valence-corrected chi connectivity index (χ0v) is 13.6. The molecule has 0 spiro atoms. The number of anilines is 1. The van der Waals surface area contributed by atoms with E-state index >= 15 is 0 Å². The van der Waals surface area contributed by atoms with E-state index in [0.29, 0.717) is 16.4 Å². The highest BCUT2D eigenvalue weighted by molar-refractivity contribution is 6.33. The fourth-order valence-corrected chi connectivity index (χ4v) is 3.49. The van der Waals surface area contributed by atoms with Crippen LogP contribution in [0.25, 0.3) is 11.0 Å². The summed E-state index contributed by atoms with van der Waals surface area (Å²) >= 11 is 6.34. The van der Waals surface area contributed by atoms with E-state index < -0.39 is 5.91 Å². The van der Waals surface area contributed by atoms with Gasteiger partial charge in [0.15, 0.2) is 0 Å². The lowest BCUT2D eigenvalue weighted by Gasteiger charge is -2.25. The first-order valence-corrected chi connectivity index (χ1v) is 8.18. The smallest absolute Gasteiger partial charge is 0.250 e. The van der Waals surface area contributed by atoms with Gasteiger partial charge in [-0.15, -0.1) is 0 Å². The predicted molar refractivity (Wildman–Crippen MR) is 93.2 cm³/mol. The van der Waals surface area contributed by atoms with Crippen molar-refractivity contribution in [2.24, 2.45) is 5.73 Å². The van der Waals surface area contributed by atoms with Crippen molar-refractivity contribution in [3.05, 3.63) is 52.9 Å². The second-order valence-electron chi connectivity index (χ2n) is 5.88. The molecule has 1 unspecified atom stereocenters. The van der Waals surface area contributed by atoms with Gasteiger partial charge < -0.3 is 15.6 Å². The van der Waals surface area contributed by atoms with Crippen LogP contribution in [0.2, 0.25) is 5.02 Å². The van der Waals surface area contributed by atoms with Crippen LogP contribution in [0.1, 0.15) is 35.1 Å². The van der Waals surface area contributed by atoms with Gasteiger partial charge in [0.25, 0.3) is 0 Å². The second kappa shape index (κ2) is 5.79. The Morgan fingerprint density at radius 1 is 1.38 bits per heavy atom. The molecule has 24 heavy (non-hydrogen) atoms. The van der Waals surface area contributed by atoms with Gasteiger partial charge in [0.1, 0.15) is 11.6 Å². The van der Waals surface area contributed by atoms with Crippen LogP contribution in [0.5, 0.6) is 0 Å². The van der Waals surface area contributed by atoms with E-state index in [2.05, 4.69) is 14.9 Å². The highest BCUT2D eigenvalue weighted by atomic mass is 35.5. The number of imidazole rings is 1. The van der Waals surface area contributed by atoms with E-state index in [4.69, 9.17) is 22.3 Å². The van der Waals surface area contributed by atoms with Crippen molar-refractivity contribution < 1.29 is 4.79 Å². The predicted octanol–water partition coefficient (Wildman–Crippen LogP) is 3.05. The molecule has 1 aromatic carbocycles. The van der Waals surface area contributed by atoms with Crippen molar-refractivity contribution in [1.82, 2.24) is 15.0 Å². The third kappa shape index (κ3) is 2.49. The Hall–Kier alpha value is -2.60. The number of nitrogens with one attached hydrogen (secondary N) is 1. The van der Waals surface area contributed by atoms with Crippen molar-refractivity contribution in [3.63, 3.8) is 0 Å². The Morgan fingerprint density at radius 3 is 2.96 bits per heavy atom. The maximum Gasteiger partial charge on any atom is 0.250 e. The van der Waals surface area contributed by atoms with Gasteiger partial charge in [-0.1, -0.05) is 23.7 Å². The van der Waals surface area contributed by atoms with E-state index in [9.17, 15) is 4.79 Å². The maximum absolute atomic E-state index is 11.3. The summed E-state index contributed by atoms with van der Waals surface area (Å²) in [6.45, 7) is 0.838. The summed E-state index contributed by atoms with van der Waals surface area (Å²) in [6.07, 6.45) is 3.46. The van der Waals surface area contributed by atoms with Crippen LogP contribution in [0.3, 0.4) is 0 Å². The maximum atomic E-state index is 11.3. The molecule has 1 saturated heterocycles. The number of carbonyl (C=O) groups is 1. The van der Waals surface area contributed by atoms with Crippen molar-refractivity contribution in [3.8, 4) is 0 Å². The summed E-state index contributed by atoms with van der Waals surface area (Å²) in [7, 11) is 0. The summed E-state index contributed by atoms with van der Waals surface area (Å²) in [5.74, 6) is 1.03. The molecule has 2 aromatic heterocycles. The third-order valence-electron chi connectivity index (χ3n) is 4.35. The summed E-state index contributed by atoms with van der Waals surface area (Å²) in [5, 5.41) is 0.425. The molecule has 122 valence electrons. The number of rotatable bonds is 3. The number of H-pyrrole nitrogens is 1. The first-order valence-electron chi connectivity index (χ1n) is 7.80. The highest BCUT2D eigenvalue weighted by Crippen LogP contribution is 2.37. The molecule has 1 aliphatic rings. The van der Waals surface area contributed by atoms with Crippen molar-refractivity contribution in [2.75, 3.05) is 11.4 Å². The van der Waals surface area contributed by atoms with Crippen LogP contribution >= 0.6 is 11.6 Å². The summed E-state index contributed by atoms with van der Waals surface area (Å²) < 4.78 is 0. The summed E-state index contributed by atoms with van der Waals surface area (Å²) in [5.41, 5.74) is 7.55. The van der Waals surface area contributed by atoms with E-state index in [-0.39, 0.29) is 6.04 Å². The van der Waals surface area contributed by atoms with E-state index in [0.717, 1.165) is 36.2 Å². The number of fused-ring (bicyclic) bond motifs is 1. The monoisotopic (exact) mass is 341 g/mol. The fraction of sp³-hybridized carbons (Fsp3) is 0.235. The van der Waals surface area contributed by atoms with Gasteiger partial charge >= 0.3 is 0 Å². The third-order valence-corrected chi connectivity index (χ3v) is 4.63. The molecular weight excluding hydrogens is 326 g/mol. The first kappa shape index (κ1) is 15.0. The van der Waals surface area contributed by atoms with Gasteiger partial charge in [0, 0.05) is 12.7 Å². The quantitative estimate of drug-likeness (QED) is 0.766. The lowest BCUT2D eigenvalue weighted by Crippen LogP contribution is -2.25. The molecular formula is C17H16ClN5O. The van der Waals surface area contributed by atoms with Gasteiger partial charge in [-0.2, -0.15) is 0 Å². The van der Waals surface area contributed by atoms with Crippen LogP contribution in [0.15, 0.2) is 36.5 Å². The zero-order valence-electron chi connectivity index (χ0n) is 12.9. The van der Waals surface area contributed by atoms with E-state index in [1.807, 2.05) is 24.3 Å². The Kier molecular flexibility index (Phi) is 3.61. The Labute approximate surface area is 143 Å². The molecule has 7 heteroatoms. The van der Waals surface area contributed by atoms with Crippen molar-refractivity contribution in [2.45, 2.75) is 18.9 Å². The molecule has 3 heterocycles. The van der Waals surface area contributed by atoms with Crippen LogP contribution in [0, 0.1) is 0 Å². The Balaban J connectivity index is 1.71. The average molecular weight is 342 g/mol. The van der Waals surface area contributed by atoms with Crippen LogP contribution in [-0.4, -0.2) is 27.4 Å². The van der Waals surface area contributed by atoms with Gasteiger partial charge in [0.05, 0.1) is 27.7 Å². The SMILES string of the molecule is NC(=O)c1cnc(N2CCCC2c2nc3ccccc3[nH]2)c(Cl)c1. The molecule has 1 fully saturated rings. The van der Waals surface area contributed by atoms with Crippen LogP contribution < -0.4 is 10.6 Å². The molecule has 1 amide bonds. The largest absolute Gasteiger partial charge is 0.366 e. The van der Waals surface area contributed by atoms with Crippen LogP contribution in [0.4, 0.5) is 5.82 Å². The topological polar surface area (TPSA) is 87.9 Å². The Morgan fingerprint density at radius 2 is 2.21 bits per heavy atom. The molecule has 0 radical (unpaired) electrons. The first-order chi connectivity index (χ1) is 11.6. The highest BCUT2D eigenvalue weighted by Gasteiger charge is 2.31. The summed E-state index contributed by atoms with van der Waals surface area (Å²) in [6, 6.07) is 9.61. The molecule has 3 aromatic rings. The molecule has 0 saturated carbocycles. The molecule has 4 rings (SSSR count). The number of primary amides is 1. The second-order valence-corrected chi connectivity index (χ2v) is 6.29. The molecule has 0 bridgehead atoms. The van der Waals surface area contributed by atoms with Gasteiger partial charge in [-0.05, 0) is 31.0 Å². The van der Waals surface area contributed by atoms with Crippen molar-refractivity contribution in [1.29, 1.82) is 0 Å². The minimum Gasteiger partial charge on any atom is -0.366 e. The zero-order chi connectivity index (χ0) is 16.7. The lowest BCUT2D eigenvalue weighted by atomic mass is 10.2. The number of aromatic nitrogens is 3. The molecule has 3 N–H and O–H groups in total. The number of benzene rings is 1. The number of nitrogens with zero attached hydrogens (tertiary/aromatic N) is 3.